The first-order valence-corrected chi connectivity index (χ1v) is 6.37. The lowest BCUT2D eigenvalue weighted by Gasteiger charge is -2.21. The van der Waals surface area contributed by atoms with Gasteiger partial charge >= 0.3 is 11.9 Å². The number of carboxylic acid groups (broad SMARTS) is 1. The molecule has 0 fully saturated rings. The fourth-order valence-electron chi connectivity index (χ4n) is 2.08. The molecule has 0 aliphatic carbocycles. The molecule has 0 radical (unpaired) electrons. The van der Waals surface area contributed by atoms with Gasteiger partial charge in [-0.25, -0.2) is 9.59 Å². The molecule has 1 heterocycles. The quantitative estimate of drug-likeness (QED) is 0.844. The van der Waals surface area contributed by atoms with Crippen LogP contribution in [-0.4, -0.2) is 35.4 Å². The van der Waals surface area contributed by atoms with Crippen molar-refractivity contribution in [3.8, 4) is 0 Å². The lowest BCUT2D eigenvalue weighted by Crippen LogP contribution is -2.34. The molecule has 1 aliphatic heterocycles. The summed E-state index contributed by atoms with van der Waals surface area (Å²) >= 11 is 0. The second kappa shape index (κ2) is 5.73. The van der Waals surface area contributed by atoms with E-state index in [1.807, 2.05) is 19.1 Å². The van der Waals surface area contributed by atoms with Gasteiger partial charge in [0.25, 0.3) is 0 Å². The summed E-state index contributed by atoms with van der Waals surface area (Å²) in [4.78, 5) is 23.1. The number of esters is 1. The average molecular weight is 276 g/mol. The molecule has 1 N–H and O–H groups in total. The van der Waals surface area contributed by atoms with E-state index in [-0.39, 0.29) is 18.7 Å². The number of aryl methyl sites for hydroxylation is 1. The highest BCUT2D eigenvalue weighted by Gasteiger charge is 2.37. The number of hydrogen-bond acceptors (Lipinski definition) is 5. The Morgan fingerprint density at radius 3 is 2.75 bits per heavy atom. The maximum atomic E-state index is 11.7. The number of carboxylic acids is 1. The Bertz CT molecular complexity index is 568. The Balaban J connectivity index is 2.35. The van der Waals surface area contributed by atoms with E-state index in [4.69, 9.17) is 4.74 Å². The van der Waals surface area contributed by atoms with Crippen LogP contribution in [0.2, 0.25) is 0 Å². The summed E-state index contributed by atoms with van der Waals surface area (Å²) in [5.41, 5.74) is 1.72. The Kier molecular flexibility index (Phi) is 4.02. The van der Waals surface area contributed by atoms with E-state index in [1.165, 1.54) is 5.01 Å². The number of carbonyl (C=O) groups is 2. The summed E-state index contributed by atoms with van der Waals surface area (Å²) in [5.74, 6) is -1.58. The van der Waals surface area contributed by atoms with Crippen molar-refractivity contribution >= 4 is 23.3 Å². The molecule has 0 unspecified atom stereocenters. The number of ether oxygens (including phenoxy) is 1. The molecule has 1 aromatic rings. The van der Waals surface area contributed by atoms with Gasteiger partial charge in [-0.3, -0.25) is 5.01 Å². The van der Waals surface area contributed by atoms with E-state index in [1.54, 1.807) is 19.1 Å². The summed E-state index contributed by atoms with van der Waals surface area (Å²) < 4.78 is 4.88. The molecule has 0 amide bonds. The second-order valence-electron chi connectivity index (χ2n) is 4.46. The molecule has 6 nitrogen and oxygen atoms in total. The van der Waals surface area contributed by atoms with Crippen molar-refractivity contribution in [1.29, 1.82) is 0 Å². The number of nitrogens with zero attached hydrogens (tertiary/aromatic N) is 2. The van der Waals surface area contributed by atoms with E-state index < -0.39 is 18.0 Å². The Hall–Kier alpha value is -2.37. The predicted octanol–water partition coefficient (Wildman–Crippen LogP) is 1.58. The SMILES string of the molecule is CCOC(=O)C1=NN(c2ccccc2C)[C@@H](C(=O)O)C1. The number of rotatable bonds is 4. The van der Waals surface area contributed by atoms with Gasteiger partial charge in [-0.2, -0.15) is 5.10 Å². The van der Waals surface area contributed by atoms with E-state index >= 15 is 0 Å². The third kappa shape index (κ3) is 2.64. The summed E-state index contributed by atoms with van der Waals surface area (Å²) in [7, 11) is 0. The van der Waals surface area contributed by atoms with Crippen molar-refractivity contribution < 1.29 is 19.4 Å². The van der Waals surface area contributed by atoms with Gasteiger partial charge in [0.15, 0.2) is 6.04 Å². The van der Waals surface area contributed by atoms with Crippen molar-refractivity contribution in [3.63, 3.8) is 0 Å². The minimum atomic E-state index is -1.02. The minimum absolute atomic E-state index is 0.0441. The molecule has 1 aromatic carbocycles. The molecule has 0 spiro atoms. The first-order valence-electron chi connectivity index (χ1n) is 6.37. The van der Waals surface area contributed by atoms with Crippen molar-refractivity contribution in [2.45, 2.75) is 26.3 Å². The number of hydrogen-bond donors (Lipinski definition) is 1. The van der Waals surface area contributed by atoms with Gasteiger partial charge in [-0.05, 0) is 25.5 Å². The molecule has 20 heavy (non-hydrogen) atoms. The van der Waals surface area contributed by atoms with E-state index in [9.17, 15) is 14.7 Å². The Morgan fingerprint density at radius 1 is 1.45 bits per heavy atom. The topological polar surface area (TPSA) is 79.2 Å². The van der Waals surface area contributed by atoms with Crippen LogP contribution in [0.4, 0.5) is 5.69 Å². The van der Waals surface area contributed by atoms with E-state index in [0.29, 0.717) is 5.69 Å². The largest absolute Gasteiger partial charge is 0.480 e. The monoisotopic (exact) mass is 276 g/mol. The third-order valence-corrected chi connectivity index (χ3v) is 3.07. The van der Waals surface area contributed by atoms with Crippen LogP contribution in [0.5, 0.6) is 0 Å². The summed E-state index contributed by atoms with van der Waals surface area (Å²) in [6.07, 6.45) is 0.0441. The molecule has 0 bridgehead atoms. The van der Waals surface area contributed by atoms with Crippen LogP contribution in [0.25, 0.3) is 0 Å². The summed E-state index contributed by atoms with van der Waals surface area (Å²) in [6, 6.07) is 6.44. The van der Waals surface area contributed by atoms with Gasteiger partial charge in [-0.1, -0.05) is 18.2 Å². The van der Waals surface area contributed by atoms with Crippen molar-refractivity contribution in [3.05, 3.63) is 29.8 Å². The van der Waals surface area contributed by atoms with E-state index in [0.717, 1.165) is 5.56 Å². The van der Waals surface area contributed by atoms with Crippen LogP contribution in [0, 0.1) is 6.92 Å². The number of carbonyl (C=O) groups excluding carboxylic acids is 1. The maximum absolute atomic E-state index is 11.7. The third-order valence-electron chi connectivity index (χ3n) is 3.07. The Labute approximate surface area is 116 Å². The summed E-state index contributed by atoms with van der Waals surface area (Å²) in [5, 5.41) is 14.8. The van der Waals surface area contributed by atoms with Crippen LogP contribution in [0.1, 0.15) is 18.9 Å². The first kappa shape index (κ1) is 14.0. The number of benzene rings is 1. The summed E-state index contributed by atoms with van der Waals surface area (Å²) in [6.45, 7) is 3.80. The van der Waals surface area contributed by atoms with Crippen LogP contribution in [0.3, 0.4) is 0 Å². The van der Waals surface area contributed by atoms with Gasteiger partial charge in [0.1, 0.15) is 5.71 Å². The van der Waals surface area contributed by atoms with Crippen LogP contribution < -0.4 is 5.01 Å². The van der Waals surface area contributed by atoms with Gasteiger partial charge in [0.05, 0.1) is 12.3 Å². The fourth-order valence-corrected chi connectivity index (χ4v) is 2.08. The lowest BCUT2D eigenvalue weighted by molar-refractivity contribution is -0.138. The number of para-hydroxylation sites is 1. The van der Waals surface area contributed by atoms with Crippen molar-refractivity contribution in [2.75, 3.05) is 11.6 Å². The van der Waals surface area contributed by atoms with Crippen LogP contribution in [0.15, 0.2) is 29.4 Å². The number of anilines is 1. The van der Waals surface area contributed by atoms with Gasteiger partial charge in [0, 0.05) is 6.42 Å². The second-order valence-corrected chi connectivity index (χ2v) is 4.46. The highest BCUT2D eigenvalue weighted by atomic mass is 16.5. The van der Waals surface area contributed by atoms with Crippen LogP contribution >= 0.6 is 0 Å². The van der Waals surface area contributed by atoms with Gasteiger partial charge < -0.3 is 9.84 Å². The smallest absolute Gasteiger partial charge is 0.354 e. The van der Waals surface area contributed by atoms with Crippen molar-refractivity contribution in [1.82, 2.24) is 0 Å². The zero-order valence-electron chi connectivity index (χ0n) is 11.4. The lowest BCUT2D eigenvalue weighted by atomic mass is 10.1. The molecule has 2 rings (SSSR count). The molecule has 0 saturated carbocycles. The highest BCUT2D eigenvalue weighted by molar-refractivity contribution is 6.38. The predicted molar refractivity (Wildman–Crippen MR) is 73.8 cm³/mol. The molecular formula is C14H16N2O4. The van der Waals surface area contributed by atoms with E-state index in [2.05, 4.69) is 5.10 Å². The zero-order chi connectivity index (χ0) is 14.7. The zero-order valence-corrected chi connectivity index (χ0v) is 11.4. The average Bonchev–Trinajstić information content (AvgIpc) is 2.84. The molecule has 1 aliphatic rings. The molecule has 0 aromatic heterocycles. The van der Waals surface area contributed by atoms with Gasteiger partial charge in [-0.15, -0.1) is 0 Å². The van der Waals surface area contributed by atoms with Crippen LogP contribution in [-0.2, 0) is 14.3 Å². The molecule has 1 atom stereocenters. The minimum Gasteiger partial charge on any atom is -0.480 e. The normalized spacial score (nSPS) is 17.8. The molecule has 6 heteroatoms. The highest BCUT2D eigenvalue weighted by Crippen LogP contribution is 2.27. The fraction of sp³-hybridized carbons (Fsp3) is 0.357. The molecule has 106 valence electrons. The first-order chi connectivity index (χ1) is 9.54. The number of hydrazone groups is 1. The molecular weight excluding hydrogens is 260 g/mol. The molecule has 0 saturated heterocycles. The standard InChI is InChI=1S/C14H16N2O4/c1-3-20-14(19)10-8-12(13(17)18)16(15-10)11-7-5-4-6-9(11)2/h4-7,12H,3,8H2,1-2H3,(H,17,18)/t12-/m1/s1. The maximum Gasteiger partial charge on any atom is 0.354 e. The van der Waals surface area contributed by atoms with Crippen molar-refractivity contribution in [2.24, 2.45) is 5.10 Å². The number of aliphatic carboxylic acids is 1. The van der Waals surface area contributed by atoms with Gasteiger partial charge in [0.2, 0.25) is 0 Å². The Morgan fingerprint density at radius 2 is 2.15 bits per heavy atom.